The molecular formula is C19H23BrN2O4S. The van der Waals surface area contributed by atoms with Gasteiger partial charge < -0.3 is 10.1 Å². The summed E-state index contributed by atoms with van der Waals surface area (Å²) in [5.74, 6) is 0.559. The van der Waals surface area contributed by atoms with Crippen molar-refractivity contribution < 1.29 is 17.9 Å². The summed E-state index contributed by atoms with van der Waals surface area (Å²) in [5, 5.41) is 2.80. The van der Waals surface area contributed by atoms with Gasteiger partial charge in [0.15, 0.2) is 6.10 Å². The van der Waals surface area contributed by atoms with Crippen molar-refractivity contribution in [2.45, 2.75) is 31.8 Å². The van der Waals surface area contributed by atoms with Gasteiger partial charge in [-0.25, -0.2) is 8.42 Å². The number of halogens is 1. The molecule has 0 saturated heterocycles. The highest BCUT2D eigenvalue weighted by Crippen LogP contribution is 2.22. The number of anilines is 1. The number of rotatable bonds is 8. The maximum Gasteiger partial charge on any atom is 0.261 e. The number of hydrogen-bond donors (Lipinski definition) is 2. The zero-order chi connectivity index (χ0) is 20.0. The van der Waals surface area contributed by atoms with Crippen molar-refractivity contribution >= 4 is 37.5 Å². The Balaban J connectivity index is 2.02. The summed E-state index contributed by atoms with van der Waals surface area (Å²) in [6, 6.07) is 12.8. The Morgan fingerprint density at radius 2 is 1.78 bits per heavy atom. The summed E-state index contributed by atoms with van der Waals surface area (Å²) in [6.07, 6.45) is -0.675. The Morgan fingerprint density at radius 3 is 2.37 bits per heavy atom. The molecule has 0 saturated carbocycles. The summed E-state index contributed by atoms with van der Waals surface area (Å²) in [7, 11) is -3.72. The largest absolute Gasteiger partial charge is 0.481 e. The van der Waals surface area contributed by atoms with E-state index in [1.165, 1.54) is 24.3 Å². The second-order valence-electron chi connectivity index (χ2n) is 6.49. The van der Waals surface area contributed by atoms with Crippen molar-refractivity contribution in [1.29, 1.82) is 0 Å². The molecule has 27 heavy (non-hydrogen) atoms. The number of sulfonamides is 1. The van der Waals surface area contributed by atoms with E-state index >= 15 is 0 Å². The molecule has 2 aromatic carbocycles. The van der Waals surface area contributed by atoms with Crippen LogP contribution in [-0.2, 0) is 14.8 Å². The fourth-order valence-electron chi connectivity index (χ4n) is 2.17. The maximum atomic E-state index is 12.5. The lowest BCUT2D eigenvalue weighted by molar-refractivity contribution is -0.127. The van der Waals surface area contributed by atoms with E-state index in [0.29, 0.717) is 23.9 Å². The van der Waals surface area contributed by atoms with Crippen LogP contribution in [0.3, 0.4) is 0 Å². The molecule has 0 unspecified atom stereocenters. The molecule has 2 rings (SSSR count). The molecule has 0 spiro atoms. The van der Waals surface area contributed by atoms with Gasteiger partial charge in [-0.15, -0.1) is 0 Å². The van der Waals surface area contributed by atoms with E-state index in [1.54, 1.807) is 25.1 Å². The minimum atomic E-state index is -3.72. The van der Waals surface area contributed by atoms with E-state index < -0.39 is 16.1 Å². The van der Waals surface area contributed by atoms with Gasteiger partial charge in [-0.1, -0.05) is 35.8 Å². The smallest absolute Gasteiger partial charge is 0.261 e. The molecular weight excluding hydrogens is 432 g/mol. The van der Waals surface area contributed by atoms with E-state index in [-0.39, 0.29) is 10.8 Å². The Bertz CT molecular complexity index is 883. The fraction of sp³-hybridized carbons (Fsp3) is 0.316. The Labute approximate surface area is 168 Å². The molecule has 1 atom stereocenters. The number of carbonyl (C=O) groups is 1. The highest BCUT2D eigenvalue weighted by molar-refractivity contribution is 9.10. The predicted molar refractivity (Wildman–Crippen MR) is 109 cm³/mol. The number of hydrogen-bond acceptors (Lipinski definition) is 4. The van der Waals surface area contributed by atoms with Crippen LogP contribution in [0.4, 0.5) is 5.69 Å². The molecule has 8 heteroatoms. The second-order valence-corrected chi connectivity index (χ2v) is 9.08. The highest BCUT2D eigenvalue weighted by Gasteiger charge is 2.17. The van der Waals surface area contributed by atoms with Crippen LogP contribution in [0.25, 0.3) is 0 Å². The van der Waals surface area contributed by atoms with Crippen LogP contribution < -0.4 is 14.8 Å². The first-order valence-electron chi connectivity index (χ1n) is 8.50. The van der Waals surface area contributed by atoms with E-state index in [0.717, 1.165) is 4.47 Å². The number of carbonyl (C=O) groups excluding carboxylic acids is 1. The molecule has 2 N–H and O–H groups in total. The molecule has 1 amide bonds. The van der Waals surface area contributed by atoms with E-state index in [9.17, 15) is 13.2 Å². The van der Waals surface area contributed by atoms with E-state index in [4.69, 9.17) is 4.74 Å². The van der Waals surface area contributed by atoms with Crippen LogP contribution >= 0.6 is 15.9 Å². The van der Waals surface area contributed by atoms with Crippen molar-refractivity contribution in [2.24, 2.45) is 5.92 Å². The lowest BCUT2D eigenvalue weighted by Gasteiger charge is -2.16. The monoisotopic (exact) mass is 454 g/mol. The summed E-state index contributed by atoms with van der Waals surface area (Å²) in [4.78, 5) is 12.1. The van der Waals surface area contributed by atoms with Gasteiger partial charge in [0.1, 0.15) is 5.75 Å². The lowest BCUT2D eigenvalue weighted by atomic mass is 10.2. The van der Waals surface area contributed by atoms with Crippen molar-refractivity contribution in [2.75, 3.05) is 11.3 Å². The van der Waals surface area contributed by atoms with Gasteiger partial charge >= 0.3 is 0 Å². The molecule has 0 heterocycles. The van der Waals surface area contributed by atoms with Gasteiger partial charge in [-0.2, -0.15) is 0 Å². The van der Waals surface area contributed by atoms with Crippen molar-refractivity contribution in [3.05, 3.63) is 53.0 Å². The molecule has 0 aromatic heterocycles. The Morgan fingerprint density at radius 1 is 1.11 bits per heavy atom. The average Bonchev–Trinajstić information content (AvgIpc) is 2.59. The maximum absolute atomic E-state index is 12.5. The first-order valence-corrected chi connectivity index (χ1v) is 10.8. The molecule has 0 aliphatic rings. The summed E-state index contributed by atoms with van der Waals surface area (Å²) in [6.45, 7) is 6.24. The third-order valence-electron chi connectivity index (χ3n) is 3.58. The van der Waals surface area contributed by atoms with Crippen molar-refractivity contribution in [1.82, 2.24) is 5.32 Å². The third-order valence-corrected chi connectivity index (χ3v) is 5.47. The summed E-state index contributed by atoms with van der Waals surface area (Å²) >= 11 is 3.30. The predicted octanol–water partition coefficient (Wildman–Crippen LogP) is 3.79. The van der Waals surface area contributed by atoms with Crippen LogP contribution in [0.2, 0.25) is 0 Å². The minimum absolute atomic E-state index is 0.103. The highest BCUT2D eigenvalue weighted by atomic mass is 79.9. The van der Waals surface area contributed by atoms with Crippen LogP contribution in [0.5, 0.6) is 5.75 Å². The normalized spacial score (nSPS) is 12.5. The number of ether oxygens (including phenoxy) is 1. The summed E-state index contributed by atoms with van der Waals surface area (Å²) in [5.41, 5.74) is 0.458. The topological polar surface area (TPSA) is 84.5 Å². The number of benzene rings is 2. The number of amides is 1. The van der Waals surface area contributed by atoms with Crippen molar-refractivity contribution in [3.8, 4) is 5.75 Å². The molecule has 6 nitrogen and oxygen atoms in total. The quantitative estimate of drug-likeness (QED) is 0.635. The minimum Gasteiger partial charge on any atom is -0.481 e. The van der Waals surface area contributed by atoms with Gasteiger partial charge in [-0.05, 0) is 55.3 Å². The van der Waals surface area contributed by atoms with Gasteiger partial charge in [0.25, 0.3) is 15.9 Å². The van der Waals surface area contributed by atoms with Gasteiger partial charge in [0, 0.05) is 16.7 Å². The number of nitrogens with one attached hydrogen (secondary N) is 2. The SMILES string of the molecule is CC(C)CNC(=O)[C@@H](C)Oc1ccc(S(=O)(=O)Nc2cccc(Br)c2)cc1. The molecule has 0 aliphatic carbocycles. The zero-order valence-electron chi connectivity index (χ0n) is 15.4. The van der Waals surface area contributed by atoms with Crippen LogP contribution in [0.15, 0.2) is 57.9 Å². The van der Waals surface area contributed by atoms with Crippen LogP contribution in [0.1, 0.15) is 20.8 Å². The van der Waals surface area contributed by atoms with Gasteiger partial charge in [0.2, 0.25) is 0 Å². The van der Waals surface area contributed by atoms with Gasteiger partial charge in [-0.3, -0.25) is 9.52 Å². The van der Waals surface area contributed by atoms with Crippen LogP contribution in [-0.4, -0.2) is 27.0 Å². The average molecular weight is 455 g/mol. The van der Waals surface area contributed by atoms with E-state index in [2.05, 4.69) is 26.0 Å². The zero-order valence-corrected chi connectivity index (χ0v) is 17.8. The third kappa shape index (κ3) is 6.55. The summed E-state index contributed by atoms with van der Waals surface area (Å²) < 4.78 is 33.8. The molecule has 2 aromatic rings. The van der Waals surface area contributed by atoms with Crippen molar-refractivity contribution in [3.63, 3.8) is 0 Å². The first-order chi connectivity index (χ1) is 12.7. The molecule has 0 aliphatic heterocycles. The van der Waals surface area contributed by atoms with Gasteiger partial charge in [0.05, 0.1) is 4.90 Å². The standard InChI is InChI=1S/C19H23BrN2O4S/c1-13(2)12-21-19(23)14(3)26-17-7-9-18(10-8-17)27(24,25)22-16-6-4-5-15(20)11-16/h4-11,13-14,22H,12H2,1-3H3,(H,21,23)/t14-/m1/s1. The lowest BCUT2D eigenvalue weighted by Crippen LogP contribution is -2.38. The van der Waals surface area contributed by atoms with E-state index in [1.807, 2.05) is 19.9 Å². The van der Waals surface area contributed by atoms with Crippen LogP contribution in [0, 0.1) is 5.92 Å². The molecule has 0 bridgehead atoms. The molecule has 0 fully saturated rings. The Hall–Kier alpha value is -2.06. The first kappa shape index (κ1) is 21.2. The molecule has 146 valence electrons. The Kier molecular flexibility index (Phi) is 7.26. The second kappa shape index (κ2) is 9.23. The fourth-order valence-corrected chi connectivity index (χ4v) is 3.62. The molecule has 0 radical (unpaired) electrons.